The van der Waals surface area contributed by atoms with Crippen LogP contribution in [0.15, 0.2) is 24.3 Å². The third kappa shape index (κ3) is 3.97. The largest absolute Gasteiger partial charge is 0.495 e. The predicted octanol–water partition coefficient (Wildman–Crippen LogP) is 3.01. The molecule has 7 heteroatoms. The lowest BCUT2D eigenvalue weighted by Crippen LogP contribution is -2.34. The Morgan fingerprint density at radius 3 is 2.78 bits per heavy atom. The number of para-hydroxylation sites is 2. The van der Waals surface area contributed by atoms with Gasteiger partial charge in [0.2, 0.25) is 0 Å². The number of imidazole rings is 1. The van der Waals surface area contributed by atoms with E-state index in [0.29, 0.717) is 29.5 Å². The van der Waals surface area contributed by atoms with Crippen LogP contribution in [0.2, 0.25) is 0 Å². The van der Waals surface area contributed by atoms with Gasteiger partial charge in [-0.15, -0.1) is 0 Å². The summed E-state index contributed by atoms with van der Waals surface area (Å²) in [7, 11) is 1.56. The number of amides is 2. The quantitative estimate of drug-likeness (QED) is 0.818. The topological polar surface area (TPSA) is 85.2 Å². The first-order chi connectivity index (χ1) is 13.0. The Labute approximate surface area is 159 Å². The van der Waals surface area contributed by atoms with E-state index in [-0.39, 0.29) is 17.9 Å². The summed E-state index contributed by atoms with van der Waals surface area (Å²) in [4.78, 5) is 30.0. The molecule has 0 bridgehead atoms. The van der Waals surface area contributed by atoms with Gasteiger partial charge in [0.05, 0.1) is 18.5 Å². The summed E-state index contributed by atoms with van der Waals surface area (Å²) in [5.74, 6) is 0.334. The number of hydrogen-bond acceptors (Lipinski definition) is 4. The highest BCUT2D eigenvalue weighted by atomic mass is 16.5. The van der Waals surface area contributed by atoms with Crippen molar-refractivity contribution >= 4 is 17.5 Å². The summed E-state index contributed by atoms with van der Waals surface area (Å²) in [6, 6.07) is 7.27. The summed E-state index contributed by atoms with van der Waals surface area (Å²) in [6.07, 6.45) is 3.52. The smallest absolute Gasteiger partial charge is 0.287 e. The number of carbonyl (C=O) groups is 2. The third-order valence-electron chi connectivity index (χ3n) is 4.88. The molecule has 0 aliphatic carbocycles. The summed E-state index contributed by atoms with van der Waals surface area (Å²) < 4.78 is 7.18. The number of nitrogens with one attached hydrogen (secondary N) is 2. The molecule has 1 unspecified atom stereocenters. The van der Waals surface area contributed by atoms with E-state index in [1.54, 1.807) is 19.2 Å². The van der Waals surface area contributed by atoms with Crippen LogP contribution in [0.25, 0.3) is 0 Å². The van der Waals surface area contributed by atoms with Crippen LogP contribution >= 0.6 is 0 Å². The Balaban J connectivity index is 1.91. The van der Waals surface area contributed by atoms with Crippen molar-refractivity contribution in [3.05, 3.63) is 41.5 Å². The minimum atomic E-state index is -0.326. The maximum absolute atomic E-state index is 12.9. The fourth-order valence-corrected chi connectivity index (χ4v) is 3.22. The van der Waals surface area contributed by atoms with Crippen molar-refractivity contribution in [2.75, 3.05) is 12.4 Å². The van der Waals surface area contributed by atoms with Crippen molar-refractivity contribution in [3.63, 3.8) is 0 Å². The molecule has 0 radical (unpaired) electrons. The second-order valence-corrected chi connectivity index (χ2v) is 6.78. The highest BCUT2D eigenvalue weighted by Gasteiger charge is 2.28. The summed E-state index contributed by atoms with van der Waals surface area (Å²) in [6.45, 7) is 4.67. The first-order valence-corrected chi connectivity index (χ1v) is 9.39. The van der Waals surface area contributed by atoms with Crippen molar-refractivity contribution < 1.29 is 14.3 Å². The molecule has 2 heterocycles. The van der Waals surface area contributed by atoms with Crippen molar-refractivity contribution in [1.82, 2.24) is 14.9 Å². The van der Waals surface area contributed by atoms with Gasteiger partial charge in [0.1, 0.15) is 5.75 Å². The molecule has 3 rings (SSSR count). The molecule has 1 aromatic heterocycles. The van der Waals surface area contributed by atoms with Crippen LogP contribution in [-0.4, -0.2) is 34.5 Å². The standard InChI is InChI=1S/C20H26N4O3/c1-4-13(2)21-20(26)18-23-17(15-10-7-8-12-24(15)18)19(25)22-14-9-5-6-11-16(14)27-3/h5-6,9,11,13H,4,7-8,10,12H2,1-3H3,(H,21,26)(H,22,25). The van der Waals surface area contributed by atoms with Crippen molar-refractivity contribution in [3.8, 4) is 5.75 Å². The van der Waals surface area contributed by atoms with Gasteiger partial charge >= 0.3 is 0 Å². The van der Waals surface area contributed by atoms with E-state index in [1.165, 1.54) is 0 Å². The van der Waals surface area contributed by atoms with Crippen LogP contribution < -0.4 is 15.4 Å². The molecule has 2 amide bonds. The van der Waals surface area contributed by atoms with Crippen LogP contribution in [0.5, 0.6) is 5.75 Å². The van der Waals surface area contributed by atoms with Crippen molar-refractivity contribution in [2.24, 2.45) is 0 Å². The lowest BCUT2D eigenvalue weighted by molar-refractivity contribution is 0.0923. The molecule has 144 valence electrons. The minimum absolute atomic E-state index is 0.0555. The molecule has 1 aliphatic heterocycles. The van der Waals surface area contributed by atoms with Crippen LogP contribution in [0, 0.1) is 0 Å². The Kier molecular flexibility index (Phi) is 5.78. The Bertz CT molecular complexity index is 844. The Morgan fingerprint density at radius 1 is 1.26 bits per heavy atom. The molecule has 0 saturated heterocycles. The number of ether oxygens (including phenoxy) is 1. The zero-order chi connectivity index (χ0) is 19.4. The number of aromatic nitrogens is 2. The van der Waals surface area contributed by atoms with Gasteiger partial charge in [-0.05, 0) is 44.7 Å². The average Bonchev–Trinajstić information content (AvgIpc) is 3.08. The fourth-order valence-electron chi connectivity index (χ4n) is 3.22. The molecular formula is C20H26N4O3. The summed E-state index contributed by atoms with van der Waals surface area (Å²) >= 11 is 0. The van der Waals surface area contributed by atoms with Gasteiger partial charge in [-0.1, -0.05) is 19.1 Å². The predicted molar refractivity (Wildman–Crippen MR) is 103 cm³/mol. The maximum Gasteiger partial charge on any atom is 0.287 e. The number of methoxy groups -OCH3 is 1. The number of carbonyl (C=O) groups excluding carboxylic acids is 2. The molecule has 7 nitrogen and oxygen atoms in total. The van der Waals surface area contributed by atoms with Crippen LogP contribution in [0.3, 0.4) is 0 Å². The average molecular weight is 370 g/mol. The van der Waals surface area contributed by atoms with Crippen molar-refractivity contribution in [2.45, 2.75) is 52.1 Å². The Morgan fingerprint density at radius 2 is 2.04 bits per heavy atom. The lowest BCUT2D eigenvalue weighted by atomic mass is 10.1. The van der Waals surface area contributed by atoms with Gasteiger partial charge < -0.3 is 19.9 Å². The summed E-state index contributed by atoms with van der Waals surface area (Å²) in [5, 5.41) is 5.80. The normalized spacial score (nSPS) is 14.2. The third-order valence-corrected chi connectivity index (χ3v) is 4.88. The minimum Gasteiger partial charge on any atom is -0.495 e. The highest BCUT2D eigenvalue weighted by molar-refractivity contribution is 6.05. The van der Waals surface area contributed by atoms with Gasteiger partial charge in [0, 0.05) is 12.6 Å². The molecule has 1 atom stereocenters. The summed E-state index contributed by atoms with van der Waals surface area (Å²) in [5.41, 5.74) is 1.71. The van der Waals surface area contributed by atoms with E-state index in [1.807, 2.05) is 30.5 Å². The van der Waals surface area contributed by atoms with E-state index in [2.05, 4.69) is 15.6 Å². The van der Waals surface area contributed by atoms with E-state index >= 15 is 0 Å². The zero-order valence-corrected chi connectivity index (χ0v) is 16.0. The fraction of sp³-hybridized carbons (Fsp3) is 0.450. The van der Waals surface area contributed by atoms with Crippen LogP contribution in [0.1, 0.15) is 59.9 Å². The molecule has 2 N–H and O–H groups in total. The molecule has 1 aromatic carbocycles. The SMILES string of the molecule is CCC(C)NC(=O)c1nc(C(=O)Nc2ccccc2OC)c2n1CCCC2. The second-order valence-electron chi connectivity index (χ2n) is 6.78. The van der Waals surface area contributed by atoms with Gasteiger partial charge in [-0.3, -0.25) is 9.59 Å². The molecule has 0 saturated carbocycles. The number of benzene rings is 1. The van der Waals surface area contributed by atoms with Gasteiger partial charge in [-0.2, -0.15) is 0 Å². The van der Waals surface area contributed by atoms with E-state index < -0.39 is 0 Å². The Hall–Kier alpha value is -2.83. The van der Waals surface area contributed by atoms with E-state index in [4.69, 9.17) is 4.74 Å². The molecule has 0 spiro atoms. The van der Waals surface area contributed by atoms with Gasteiger partial charge in [0.25, 0.3) is 11.8 Å². The first-order valence-electron chi connectivity index (χ1n) is 9.39. The van der Waals surface area contributed by atoms with Crippen molar-refractivity contribution in [1.29, 1.82) is 0 Å². The number of anilines is 1. The number of fused-ring (bicyclic) bond motifs is 1. The molecule has 0 fully saturated rings. The van der Waals surface area contributed by atoms with Gasteiger partial charge in [0.15, 0.2) is 11.5 Å². The molecular weight excluding hydrogens is 344 g/mol. The van der Waals surface area contributed by atoms with Gasteiger partial charge in [-0.25, -0.2) is 4.98 Å². The lowest BCUT2D eigenvalue weighted by Gasteiger charge is -2.18. The van der Waals surface area contributed by atoms with Crippen LogP contribution in [0.4, 0.5) is 5.69 Å². The van der Waals surface area contributed by atoms with Crippen LogP contribution in [-0.2, 0) is 13.0 Å². The maximum atomic E-state index is 12.9. The van der Waals surface area contributed by atoms with E-state index in [0.717, 1.165) is 31.4 Å². The monoisotopic (exact) mass is 370 g/mol. The highest BCUT2D eigenvalue weighted by Crippen LogP contribution is 2.26. The zero-order valence-electron chi connectivity index (χ0n) is 16.0. The number of nitrogens with zero attached hydrogens (tertiary/aromatic N) is 2. The first kappa shape index (κ1) is 18.9. The molecule has 2 aromatic rings. The second kappa shape index (κ2) is 8.24. The molecule has 1 aliphatic rings. The molecule has 27 heavy (non-hydrogen) atoms. The number of rotatable bonds is 6. The number of hydrogen-bond donors (Lipinski definition) is 2. The van der Waals surface area contributed by atoms with E-state index in [9.17, 15) is 9.59 Å².